The molecule has 2 heterocycles. The highest BCUT2D eigenvalue weighted by atomic mass is 35.5. The Kier molecular flexibility index (Phi) is 4.01. The predicted octanol–water partition coefficient (Wildman–Crippen LogP) is 2.54. The molecule has 0 spiro atoms. The normalized spacial score (nSPS) is 11.0. The molecule has 3 rings (SSSR count). The van der Waals surface area contributed by atoms with E-state index in [0.29, 0.717) is 5.75 Å². The van der Waals surface area contributed by atoms with Gasteiger partial charge in [-0.2, -0.15) is 14.5 Å². The summed E-state index contributed by atoms with van der Waals surface area (Å²) in [5.74, 6) is -0.510. The van der Waals surface area contributed by atoms with E-state index >= 15 is 0 Å². The molecule has 0 bridgehead atoms. The maximum atomic E-state index is 13.5. The first-order chi connectivity index (χ1) is 10.7. The van der Waals surface area contributed by atoms with E-state index in [-0.39, 0.29) is 11.2 Å². The summed E-state index contributed by atoms with van der Waals surface area (Å²) in [5.41, 5.74) is 0.822. The number of hydrogen-bond donors (Lipinski definition) is 0. The van der Waals surface area contributed by atoms with Gasteiger partial charge in [0.25, 0.3) is 5.88 Å². The third kappa shape index (κ3) is 3.41. The van der Waals surface area contributed by atoms with Gasteiger partial charge < -0.3 is 4.74 Å². The van der Waals surface area contributed by atoms with Crippen LogP contribution in [-0.2, 0) is 0 Å². The lowest BCUT2D eigenvalue weighted by molar-refractivity contribution is 0.420. The lowest BCUT2D eigenvalue weighted by Crippen LogP contribution is -1.94. The van der Waals surface area contributed by atoms with E-state index in [1.807, 2.05) is 0 Å². The smallest absolute Gasteiger partial charge is 0.260 e. The second-order valence-corrected chi connectivity index (χ2v) is 4.39. The molecular weight excluding hydrogens is 311 g/mol. The van der Waals surface area contributed by atoms with E-state index in [4.69, 9.17) is 16.3 Å². The molecular formula is C13H8ClFN6O. The van der Waals surface area contributed by atoms with E-state index in [9.17, 15) is 4.39 Å². The molecule has 1 aromatic carbocycles. The molecule has 2 aromatic heterocycles. The molecule has 0 aliphatic rings. The highest BCUT2D eigenvalue weighted by Gasteiger charge is 2.08. The molecule has 0 N–H and O–H groups in total. The van der Waals surface area contributed by atoms with E-state index in [1.165, 1.54) is 17.3 Å². The van der Waals surface area contributed by atoms with Crippen molar-refractivity contribution in [1.29, 1.82) is 0 Å². The maximum Gasteiger partial charge on any atom is 0.260 e. The van der Waals surface area contributed by atoms with Crippen LogP contribution in [-0.4, -0.2) is 31.1 Å². The number of aromatic nitrogens is 5. The molecule has 0 radical (unpaired) electrons. The van der Waals surface area contributed by atoms with Crippen LogP contribution in [0.5, 0.6) is 11.6 Å². The number of benzene rings is 1. The Labute approximate surface area is 129 Å². The Morgan fingerprint density at radius 1 is 1.18 bits per heavy atom. The summed E-state index contributed by atoms with van der Waals surface area (Å²) in [4.78, 5) is 7.19. The first-order valence-electron chi connectivity index (χ1n) is 6.05. The van der Waals surface area contributed by atoms with Gasteiger partial charge in [-0.25, -0.2) is 9.66 Å². The lowest BCUT2D eigenvalue weighted by Gasteiger charge is -2.05. The SMILES string of the molecule is Fc1cnc(Cl)nc1Oc1ccc(C=Nn2cnnc2)cc1. The summed E-state index contributed by atoms with van der Waals surface area (Å²) in [6.45, 7) is 0. The third-order valence-corrected chi connectivity index (χ3v) is 2.71. The minimum atomic E-state index is -0.692. The number of halogens is 2. The van der Waals surface area contributed by atoms with Crippen molar-refractivity contribution in [1.82, 2.24) is 24.8 Å². The minimum Gasteiger partial charge on any atom is -0.436 e. The Hall–Kier alpha value is -2.87. The van der Waals surface area contributed by atoms with Crippen molar-refractivity contribution in [2.75, 3.05) is 0 Å². The Morgan fingerprint density at radius 3 is 2.64 bits per heavy atom. The quantitative estimate of drug-likeness (QED) is 0.545. The monoisotopic (exact) mass is 318 g/mol. The lowest BCUT2D eigenvalue weighted by atomic mass is 10.2. The molecule has 0 saturated heterocycles. The van der Waals surface area contributed by atoms with Crippen LogP contribution in [0.2, 0.25) is 5.28 Å². The van der Waals surface area contributed by atoms with Gasteiger partial charge in [-0.1, -0.05) is 0 Å². The number of hydrogen-bond acceptors (Lipinski definition) is 6. The van der Waals surface area contributed by atoms with Crippen LogP contribution in [0.15, 0.2) is 48.2 Å². The fourth-order valence-electron chi connectivity index (χ4n) is 1.52. The average Bonchev–Trinajstić information content (AvgIpc) is 3.04. The zero-order valence-corrected chi connectivity index (χ0v) is 11.7. The summed E-state index contributed by atoms with van der Waals surface area (Å²) in [7, 11) is 0. The van der Waals surface area contributed by atoms with Crippen molar-refractivity contribution in [3.8, 4) is 11.6 Å². The van der Waals surface area contributed by atoms with Crippen molar-refractivity contribution < 1.29 is 9.13 Å². The highest BCUT2D eigenvalue weighted by molar-refractivity contribution is 6.28. The summed E-state index contributed by atoms with van der Waals surface area (Å²) >= 11 is 5.60. The summed E-state index contributed by atoms with van der Waals surface area (Å²) in [6, 6.07) is 6.82. The molecule has 22 heavy (non-hydrogen) atoms. The zero-order chi connectivity index (χ0) is 15.4. The van der Waals surface area contributed by atoms with Crippen molar-refractivity contribution >= 4 is 17.8 Å². The van der Waals surface area contributed by atoms with Gasteiger partial charge in [-0.3, -0.25) is 0 Å². The Bertz CT molecular complexity index is 791. The van der Waals surface area contributed by atoms with Gasteiger partial charge >= 0.3 is 0 Å². The van der Waals surface area contributed by atoms with Crippen LogP contribution in [0.3, 0.4) is 0 Å². The highest BCUT2D eigenvalue weighted by Crippen LogP contribution is 2.22. The van der Waals surface area contributed by atoms with Crippen LogP contribution in [0.25, 0.3) is 0 Å². The van der Waals surface area contributed by atoms with E-state index in [2.05, 4.69) is 25.3 Å². The molecule has 3 aromatic rings. The maximum absolute atomic E-state index is 13.5. The van der Waals surface area contributed by atoms with Gasteiger partial charge in [0.05, 0.1) is 12.4 Å². The van der Waals surface area contributed by atoms with E-state index in [1.54, 1.807) is 30.5 Å². The molecule has 110 valence electrons. The topological polar surface area (TPSA) is 78.1 Å². The molecule has 0 aliphatic carbocycles. The molecule has 9 heteroatoms. The standard InChI is InChI=1S/C13H8ClFN6O/c14-13-16-6-11(15)12(20-13)22-10-3-1-9(2-4-10)5-19-21-7-17-18-8-21/h1-8H. The molecule has 0 saturated carbocycles. The first kappa shape index (κ1) is 14.1. The number of ether oxygens (including phenoxy) is 1. The Balaban J connectivity index is 1.73. The number of rotatable bonds is 4. The predicted molar refractivity (Wildman–Crippen MR) is 76.5 cm³/mol. The average molecular weight is 319 g/mol. The first-order valence-corrected chi connectivity index (χ1v) is 6.43. The van der Waals surface area contributed by atoms with Crippen LogP contribution in [0.4, 0.5) is 4.39 Å². The minimum absolute atomic E-state index is 0.0888. The molecule has 7 nitrogen and oxygen atoms in total. The van der Waals surface area contributed by atoms with Gasteiger partial charge in [0, 0.05) is 0 Å². The van der Waals surface area contributed by atoms with Gasteiger partial charge in [0.15, 0.2) is 0 Å². The van der Waals surface area contributed by atoms with Crippen LogP contribution in [0.1, 0.15) is 5.56 Å². The summed E-state index contributed by atoms with van der Waals surface area (Å²) in [6.07, 6.45) is 5.51. The number of nitrogens with zero attached hydrogens (tertiary/aromatic N) is 6. The molecule has 0 fully saturated rings. The van der Waals surface area contributed by atoms with Crippen LogP contribution in [0, 0.1) is 5.82 Å². The molecule has 0 unspecified atom stereocenters. The summed E-state index contributed by atoms with van der Waals surface area (Å²) < 4.78 is 20.2. The second-order valence-electron chi connectivity index (χ2n) is 4.05. The molecule has 0 amide bonds. The second kappa shape index (κ2) is 6.27. The third-order valence-electron chi connectivity index (χ3n) is 2.52. The van der Waals surface area contributed by atoms with Crippen LogP contribution < -0.4 is 4.74 Å². The fourth-order valence-corrected chi connectivity index (χ4v) is 1.65. The van der Waals surface area contributed by atoms with Crippen molar-refractivity contribution in [2.45, 2.75) is 0 Å². The van der Waals surface area contributed by atoms with Gasteiger partial charge in [0.1, 0.15) is 18.4 Å². The van der Waals surface area contributed by atoms with Crippen molar-refractivity contribution in [2.24, 2.45) is 5.10 Å². The van der Waals surface area contributed by atoms with Gasteiger partial charge in [-0.05, 0) is 41.4 Å². The largest absolute Gasteiger partial charge is 0.436 e. The van der Waals surface area contributed by atoms with Gasteiger partial charge in [-0.15, -0.1) is 10.2 Å². The fraction of sp³-hybridized carbons (Fsp3) is 0. The van der Waals surface area contributed by atoms with Gasteiger partial charge in [0.2, 0.25) is 11.1 Å². The van der Waals surface area contributed by atoms with Crippen molar-refractivity contribution in [3.05, 3.63) is 59.8 Å². The van der Waals surface area contributed by atoms with E-state index in [0.717, 1.165) is 11.8 Å². The summed E-state index contributed by atoms with van der Waals surface area (Å²) in [5, 5.41) is 11.3. The zero-order valence-electron chi connectivity index (χ0n) is 11.0. The van der Waals surface area contributed by atoms with Crippen molar-refractivity contribution in [3.63, 3.8) is 0 Å². The molecule has 0 aliphatic heterocycles. The Morgan fingerprint density at radius 2 is 1.91 bits per heavy atom. The van der Waals surface area contributed by atoms with Crippen LogP contribution >= 0.6 is 11.6 Å². The molecule has 0 atom stereocenters. The van der Waals surface area contributed by atoms with E-state index < -0.39 is 5.82 Å².